The van der Waals surface area contributed by atoms with Crippen LogP contribution in [0.2, 0.25) is 0 Å². The maximum absolute atomic E-state index is 14.1. The number of amides is 3. The van der Waals surface area contributed by atoms with Gasteiger partial charge >= 0.3 is 6.03 Å². The van der Waals surface area contributed by atoms with E-state index in [0.29, 0.717) is 30.2 Å². The summed E-state index contributed by atoms with van der Waals surface area (Å²) in [5, 5.41) is 16.1. The van der Waals surface area contributed by atoms with Gasteiger partial charge in [-0.3, -0.25) is 4.79 Å². The number of fused-ring (bicyclic) bond motifs is 1. The van der Waals surface area contributed by atoms with Gasteiger partial charge in [-0.1, -0.05) is 26.2 Å². The molecule has 0 aromatic heterocycles. The summed E-state index contributed by atoms with van der Waals surface area (Å²) in [5.41, 5.74) is 0.915. The van der Waals surface area contributed by atoms with Crippen LogP contribution in [0.5, 0.6) is 5.75 Å². The Morgan fingerprint density at radius 1 is 1.13 bits per heavy atom. The maximum Gasteiger partial charge on any atom is 0.319 e. The summed E-state index contributed by atoms with van der Waals surface area (Å²) in [4.78, 5) is 30.7. The summed E-state index contributed by atoms with van der Waals surface area (Å²) in [7, 11) is 4.05. The highest BCUT2D eigenvalue weighted by atomic mass is 16.5. The van der Waals surface area contributed by atoms with E-state index < -0.39 is 6.04 Å². The predicted octanol–water partition coefficient (Wildman–Crippen LogP) is 4.50. The highest BCUT2D eigenvalue weighted by Crippen LogP contribution is 2.28. The van der Waals surface area contributed by atoms with Crippen molar-refractivity contribution in [1.29, 1.82) is 0 Å². The summed E-state index contributed by atoms with van der Waals surface area (Å²) in [6, 6.07) is 4.78. The van der Waals surface area contributed by atoms with Gasteiger partial charge in [0.05, 0.1) is 30.4 Å². The van der Waals surface area contributed by atoms with Gasteiger partial charge in [0.25, 0.3) is 5.91 Å². The second kappa shape index (κ2) is 15.4. The number of anilines is 1. The van der Waals surface area contributed by atoms with E-state index in [4.69, 9.17) is 9.47 Å². The van der Waals surface area contributed by atoms with E-state index in [9.17, 15) is 14.7 Å². The minimum atomic E-state index is -0.399. The molecule has 3 rings (SSSR count). The molecule has 0 radical (unpaired) electrons. The number of hydrogen-bond donors (Lipinski definition) is 3. The van der Waals surface area contributed by atoms with Gasteiger partial charge in [0.2, 0.25) is 0 Å². The van der Waals surface area contributed by atoms with Gasteiger partial charge in [-0.05, 0) is 78.2 Å². The lowest BCUT2D eigenvalue weighted by atomic mass is 9.96. The standard InChI is InChI=1S/C30H50N4O5/c1-21-18-34(22(2)20-35)29(36)26-17-25(32-30(37)31-24-12-7-6-8-13-24)14-15-27(26)39-23(3)11-9-10-16-38-28(21)19-33(4)5/h14-15,17,21-24,28,35H,6-13,16,18-20H2,1-5H3,(H2,31,32,37)/t21-,22-,23+,28+/m1/s1. The van der Waals surface area contributed by atoms with Crippen molar-refractivity contribution in [1.82, 2.24) is 15.1 Å². The molecule has 3 N–H and O–H groups in total. The Hall–Kier alpha value is -2.36. The van der Waals surface area contributed by atoms with Crippen molar-refractivity contribution in [2.24, 2.45) is 5.92 Å². The lowest BCUT2D eigenvalue weighted by molar-refractivity contribution is -0.0137. The number of carbonyl (C=O) groups excluding carboxylic acids is 2. The van der Waals surface area contributed by atoms with Crippen LogP contribution in [0.4, 0.5) is 10.5 Å². The second-order valence-electron chi connectivity index (χ2n) is 11.7. The number of ether oxygens (including phenoxy) is 2. The van der Waals surface area contributed by atoms with Gasteiger partial charge in [0.15, 0.2) is 0 Å². The van der Waals surface area contributed by atoms with E-state index in [1.165, 1.54) is 6.42 Å². The quantitative estimate of drug-likeness (QED) is 0.486. The molecule has 1 fully saturated rings. The first kappa shape index (κ1) is 31.2. The van der Waals surface area contributed by atoms with E-state index in [1.807, 2.05) is 27.9 Å². The Balaban J connectivity index is 1.90. The molecule has 0 bridgehead atoms. The van der Waals surface area contributed by atoms with Gasteiger partial charge in [-0.15, -0.1) is 0 Å². The molecule has 1 aromatic rings. The minimum Gasteiger partial charge on any atom is -0.490 e. The van der Waals surface area contributed by atoms with Crippen molar-refractivity contribution in [2.75, 3.05) is 45.7 Å². The molecule has 1 saturated carbocycles. The molecule has 0 saturated heterocycles. The zero-order valence-electron chi connectivity index (χ0n) is 24.6. The third-order valence-electron chi connectivity index (χ3n) is 7.79. The third-order valence-corrected chi connectivity index (χ3v) is 7.79. The summed E-state index contributed by atoms with van der Waals surface area (Å²) in [5.74, 6) is 0.299. The highest BCUT2D eigenvalue weighted by Gasteiger charge is 2.30. The molecule has 1 aliphatic carbocycles. The zero-order valence-corrected chi connectivity index (χ0v) is 24.6. The topological polar surface area (TPSA) is 103 Å². The van der Waals surface area contributed by atoms with Gasteiger partial charge < -0.3 is 35.0 Å². The van der Waals surface area contributed by atoms with Crippen LogP contribution in [0.1, 0.15) is 82.5 Å². The molecule has 2 aliphatic rings. The van der Waals surface area contributed by atoms with E-state index in [-0.39, 0.29) is 42.7 Å². The summed E-state index contributed by atoms with van der Waals surface area (Å²) < 4.78 is 12.6. The fraction of sp³-hybridized carbons (Fsp3) is 0.733. The first-order chi connectivity index (χ1) is 18.7. The molecule has 0 spiro atoms. The monoisotopic (exact) mass is 546 g/mol. The molecule has 9 nitrogen and oxygen atoms in total. The normalized spacial score (nSPS) is 24.8. The average Bonchev–Trinajstić information content (AvgIpc) is 2.90. The summed E-state index contributed by atoms with van der Waals surface area (Å²) in [6.45, 7) is 7.62. The Labute approximate surface area is 234 Å². The number of hydrogen-bond acceptors (Lipinski definition) is 6. The van der Waals surface area contributed by atoms with E-state index >= 15 is 0 Å². The lowest BCUT2D eigenvalue weighted by Crippen LogP contribution is -2.47. The second-order valence-corrected chi connectivity index (χ2v) is 11.7. The summed E-state index contributed by atoms with van der Waals surface area (Å²) >= 11 is 0. The molecule has 0 unspecified atom stereocenters. The van der Waals surface area contributed by atoms with Crippen LogP contribution in [0, 0.1) is 5.92 Å². The largest absolute Gasteiger partial charge is 0.490 e. The van der Waals surface area contributed by atoms with Crippen LogP contribution in [-0.4, -0.2) is 91.5 Å². The van der Waals surface area contributed by atoms with E-state index in [1.54, 1.807) is 23.1 Å². The number of urea groups is 1. The molecule has 9 heteroatoms. The first-order valence-corrected chi connectivity index (χ1v) is 14.7. The van der Waals surface area contributed by atoms with Gasteiger partial charge in [-0.25, -0.2) is 4.79 Å². The fourth-order valence-corrected chi connectivity index (χ4v) is 5.42. The Morgan fingerprint density at radius 3 is 2.54 bits per heavy atom. The number of aliphatic hydroxyl groups excluding tert-OH is 1. The van der Waals surface area contributed by atoms with Crippen molar-refractivity contribution in [2.45, 2.75) is 96.4 Å². The molecule has 39 heavy (non-hydrogen) atoms. The van der Waals surface area contributed by atoms with Crippen LogP contribution >= 0.6 is 0 Å². The smallest absolute Gasteiger partial charge is 0.319 e. The van der Waals surface area contributed by atoms with Crippen molar-refractivity contribution in [3.05, 3.63) is 23.8 Å². The van der Waals surface area contributed by atoms with E-state index in [2.05, 4.69) is 22.5 Å². The number of nitrogens with zero attached hydrogens (tertiary/aromatic N) is 2. The zero-order chi connectivity index (χ0) is 28.4. The van der Waals surface area contributed by atoms with Crippen LogP contribution in [0.15, 0.2) is 18.2 Å². The van der Waals surface area contributed by atoms with Crippen molar-refractivity contribution >= 4 is 17.6 Å². The fourth-order valence-electron chi connectivity index (χ4n) is 5.42. The van der Waals surface area contributed by atoms with Crippen LogP contribution < -0.4 is 15.4 Å². The highest BCUT2D eigenvalue weighted by molar-refractivity contribution is 5.99. The Bertz CT molecular complexity index is 921. The van der Waals surface area contributed by atoms with Crippen LogP contribution in [0.3, 0.4) is 0 Å². The van der Waals surface area contributed by atoms with E-state index in [0.717, 1.165) is 51.5 Å². The first-order valence-electron chi connectivity index (χ1n) is 14.7. The van der Waals surface area contributed by atoms with Gasteiger partial charge in [0.1, 0.15) is 5.75 Å². The maximum atomic E-state index is 14.1. The summed E-state index contributed by atoms with van der Waals surface area (Å²) in [6.07, 6.45) is 8.06. The number of rotatable bonds is 6. The van der Waals surface area contributed by atoms with Crippen LogP contribution in [-0.2, 0) is 4.74 Å². The predicted molar refractivity (Wildman–Crippen MR) is 154 cm³/mol. The SMILES string of the molecule is C[C@@H]1CN([C@H](C)CO)C(=O)c2cc(NC(=O)NC3CCCCC3)ccc2O[C@@H](C)CCCCO[C@H]1CN(C)C. The average molecular weight is 547 g/mol. The number of likely N-dealkylation sites (N-methyl/N-ethyl adjacent to an activating group) is 1. The molecular formula is C30H50N4O5. The molecule has 1 aliphatic heterocycles. The minimum absolute atomic E-state index is 0.0409. The third kappa shape index (κ3) is 9.65. The molecule has 4 atom stereocenters. The Kier molecular flexibility index (Phi) is 12.3. The number of benzene rings is 1. The molecule has 220 valence electrons. The number of nitrogens with one attached hydrogen (secondary N) is 2. The molecular weight excluding hydrogens is 496 g/mol. The number of aliphatic hydroxyl groups is 1. The number of carbonyl (C=O) groups is 2. The van der Waals surface area contributed by atoms with Crippen LogP contribution in [0.25, 0.3) is 0 Å². The molecule has 1 aromatic carbocycles. The van der Waals surface area contributed by atoms with Crippen molar-refractivity contribution in [3.8, 4) is 5.75 Å². The molecule has 3 amide bonds. The Morgan fingerprint density at radius 2 is 1.85 bits per heavy atom. The molecule has 1 heterocycles. The van der Waals surface area contributed by atoms with Crippen molar-refractivity contribution < 1.29 is 24.2 Å². The lowest BCUT2D eigenvalue weighted by Gasteiger charge is -2.35. The van der Waals surface area contributed by atoms with Gasteiger partial charge in [-0.2, -0.15) is 0 Å². The van der Waals surface area contributed by atoms with Gasteiger partial charge in [0, 0.05) is 37.3 Å². The van der Waals surface area contributed by atoms with Crippen molar-refractivity contribution in [3.63, 3.8) is 0 Å².